The van der Waals surface area contributed by atoms with Crippen LogP contribution in [0.15, 0.2) is 24.3 Å². The van der Waals surface area contributed by atoms with Crippen molar-refractivity contribution in [2.24, 2.45) is 5.92 Å². The van der Waals surface area contributed by atoms with Gasteiger partial charge in [0, 0.05) is 0 Å². The van der Waals surface area contributed by atoms with Crippen LogP contribution >= 0.6 is 0 Å². The van der Waals surface area contributed by atoms with Gasteiger partial charge in [0.2, 0.25) is 0 Å². The maximum atomic E-state index is 2.29. The van der Waals surface area contributed by atoms with Crippen molar-refractivity contribution in [3.63, 3.8) is 0 Å². The molecule has 0 heterocycles. The zero-order valence-corrected chi connectivity index (χ0v) is 9.67. The summed E-state index contributed by atoms with van der Waals surface area (Å²) < 4.78 is 0. The quantitative estimate of drug-likeness (QED) is 0.571. The molecule has 1 aromatic rings. The van der Waals surface area contributed by atoms with Crippen LogP contribution in [0.1, 0.15) is 37.5 Å². The first-order chi connectivity index (χ1) is 6.77. The molecule has 0 radical (unpaired) electrons. The number of hydrogen-bond acceptors (Lipinski definition) is 0. The Morgan fingerprint density at radius 3 is 2.64 bits per heavy atom. The minimum Gasteiger partial charge on any atom is -0.0808 e. The Morgan fingerprint density at radius 2 is 1.93 bits per heavy atom. The van der Waals surface area contributed by atoms with Crippen LogP contribution < -0.4 is 0 Å². The van der Waals surface area contributed by atoms with Crippen molar-refractivity contribution in [2.75, 3.05) is 0 Å². The molecule has 1 atom stereocenters. The van der Waals surface area contributed by atoms with Crippen molar-refractivity contribution in [3.05, 3.63) is 41.0 Å². The highest BCUT2D eigenvalue weighted by molar-refractivity contribution is 5.58. The first-order valence-corrected chi connectivity index (χ1v) is 5.54. The van der Waals surface area contributed by atoms with Crippen molar-refractivity contribution in [2.45, 2.75) is 34.1 Å². The van der Waals surface area contributed by atoms with Crippen LogP contribution in [-0.4, -0.2) is 0 Å². The summed E-state index contributed by atoms with van der Waals surface area (Å²) in [7, 11) is 0. The standard InChI is InChI=1S/C12H14.C2H6/c1-9-6-7-11-5-3-4-10(2)12(11)8-9;1-2/h3-7,9H,8H2,1-2H3;1-2H3. The summed E-state index contributed by atoms with van der Waals surface area (Å²) in [6.45, 7) is 8.47. The summed E-state index contributed by atoms with van der Waals surface area (Å²) in [5, 5.41) is 0. The summed E-state index contributed by atoms with van der Waals surface area (Å²) in [5.74, 6) is 0.707. The Morgan fingerprint density at radius 1 is 1.21 bits per heavy atom. The Balaban J connectivity index is 0.000000461. The summed E-state index contributed by atoms with van der Waals surface area (Å²) in [6, 6.07) is 6.53. The number of allylic oxidation sites excluding steroid dienone is 1. The Labute approximate surface area is 87.7 Å². The fraction of sp³-hybridized carbons (Fsp3) is 0.429. The topological polar surface area (TPSA) is 0 Å². The van der Waals surface area contributed by atoms with Crippen LogP contribution in [0.4, 0.5) is 0 Å². The highest BCUT2D eigenvalue weighted by Crippen LogP contribution is 2.24. The molecule has 0 saturated heterocycles. The van der Waals surface area contributed by atoms with Gasteiger partial charge in [0.1, 0.15) is 0 Å². The number of fused-ring (bicyclic) bond motifs is 1. The molecule has 0 bridgehead atoms. The summed E-state index contributed by atoms with van der Waals surface area (Å²) in [6.07, 6.45) is 5.75. The Bertz CT molecular complexity index is 321. The van der Waals surface area contributed by atoms with Crippen molar-refractivity contribution in [1.29, 1.82) is 0 Å². The summed E-state index contributed by atoms with van der Waals surface area (Å²) >= 11 is 0. The van der Waals surface area contributed by atoms with E-state index in [9.17, 15) is 0 Å². The normalized spacial score (nSPS) is 18.1. The van der Waals surface area contributed by atoms with E-state index in [-0.39, 0.29) is 0 Å². The zero-order valence-electron chi connectivity index (χ0n) is 9.67. The molecule has 0 N–H and O–H groups in total. The molecule has 1 aliphatic carbocycles. The van der Waals surface area contributed by atoms with E-state index in [2.05, 4.69) is 44.2 Å². The van der Waals surface area contributed by atoms with E-state index in [0.717, 1.165) is 0 Å². The van der Waals surface area contributed by atoms with Crippen LogP contribution in [-0.2, 0) is 6.42 Å². The molecule has 0 saturated carbocycles. The zero-order chi connectivity index (χ0) is 10.6. The van der Waals surface area contributed by atoms with Gasteiger partial charge in [-0.25, -0.2) is 0 Å². The first-order valence-electron chi connectivity index (χ1n) is 5.54. The summed E-state index contributed by atoms with van der Waals surface area (Å²) in [5.41, 5.74) is 4.38. The van der Waals surface area contributed by atoms with Gasteiger partial charge in [0.25, 0.3) is 0 Å². The predicted molar refractivity (Wildman–Crippen MR) is 64.4 cm³/mol. The highest BCUT2D eigenvalue weighted by atomic mass is 14.2. The molecule has 2 rings (SSSR count). The average molecular weight is 188 g/mol. The second-order valence-corrected chi connectivity index (χ2v) is 3.68. The van der Waals surface area contributed by atoms with Crippen LogP contribution in [0.3, 0.4) is 0 Å². The largest absolute Gasteiger partial charge is 0.0808 e. The van der Waals surface area contributed by atoms with Gasteiger partial charge < -0.3 is 0 Å². The Hall–Kier alpha value is -1.04. The maximum Gasteiger partial charge on any atom is -0.0210 e. The molecule has 0 amide bonds. The smallest absolute Gasteiger partial charge is 0.0210 e. The molecule has 76 valence electrons. The fourth-order valence-electron chi connectivity index (χ4n) is 1.82. The molecule has 0 aromatic heterocycles. The molecular weight excluding hydrogens is 168 g/mol. The van der Waals surface area contributed by atoms with E-state index in [1.165, 1.54) is 23.1 Å². The minimum atomic E-state index is 0.707. The number of rotatable bonds is 0. The van der Waals surface area contributed by atoms with Crippen LogP contribution in [0.25, 0.3) is 6.08 Å². The van der Waals surface area contributed by atoms with Crippen LogP contribution in [0, 0.1) is 12.8 Å². The predicted octanol–water partition coefficient (Wildman–Crippen LogP) is 4.23. The molecule has 1 aromatic carbocycles. The minimum absolute atomic E-state index is 0.707. The van der Waals surface area contributed by atoms with Gasteiger partial charge >= 0.3 is 0 Å². The third-order valence-corrected chi connectivity index (χ3v) is 2.58. The van der Waals surface area contributed by atoms with Crippen molar-refractivity contribution < 1.29 is 0 Å². The van der Waals surface area contributed by atoms with Gasteiger partial charge in [0.05, 0.1) is 0 Å². The first kappa shape index (κ1) is 11.0. The van der Waals surface area contributed by atoms with Gasteiger partial charge in [-0.3, -0.25) is 0 Å². The molecule has 0 aliphatic heterocycles. The Kier molecular flexibility index (Phi) is 3.94. The van der Waals surface area contributed by atoms with Crippen molar-refractivity contribution >= 4 is 6.08 Å². The van der Waals surface area contributed by atoms with Gasteiger partial charge in [-0.05, 0) is 36.0 Å². The lowest BCUT2D eigenvalue weighted by atomic mass is 9.88. The lowest BCUT2D eigenvalue weighted by molar-refractivity contribution is 0.713. The maximum absolute atomic E-state index is 2.29. The van der Waals surface area contributed by atoms with Gasteiger partial charge in [-0.15, -0.1) is 0 Å². The van der Waals surface area contributed by atoms with Crippen molar-refractivity contribution in [1.82, 2.24) is 0 Å². The van der Waals surface area contributed by atoms with Gasteiger partial charge in [-0.1, -0.05) is 51.1 Å². The average Bonchev–Trinajstić information content (AvgIpc) is 2.22. The number of hydrogen-bond donors (Lipinski definition) is 0. The molecule has 0 heteroatoms. The van der Waals surface area contributed by atoms with E-state index in [0.29, 0.717) is 5.92 Å². The lowest BCUT2D eigenvalue weighted by Gasteiger charge is -2.17. The number of benzene rings is 1. The highest BCUT2D eigenvalue weighted by Gasteiger charge is 2.10. The van der Waals surface area contributed by atoms with E-state index in [1.54, 1.807) is 0 Å². The molecule has 14 heavy (non-hydrogen) atoms. The third-order valence-electron chi connectivity index (χ3n) is 2.58. The third kappa shape index (κ3) is 2.25. The lowest BCUT2D eigenvalue weighted by Crippen LogP contribution is -2.04. The SMILES string of the molecule is CC.Cc1cccc2c1CC(C)C=C2. The van der Waals surface area contributed by atoms with Crippen LogP contribution in [0.2, 0.25) is 0 Å². The molecule has 0 fully saturated rings. The second kappa shape index (κ2) is 4.99. The number of aryl methyl sites for hydroxylation is 1. The molecule has 0 nitrogen and oxygen atoms in total. The van der Waals surface area contributed by atoms with Gasteiger partial charge in [0.15, 0.2) is 0 Å². The van der Waals surface area contributed by atoms with E-state index in [4.69, 9.17) is 0 Å². The fourth-order valence-corrected chi connectivity index (χ4v) is 1.82. The molecular formula is C14H20. The monoisotopic (exact) mass is 188 g/mol. The molecule has 1 aliphatic rings. The van der Waals surface area contributed by atoms with E-state index >= 15 is 0 Å². The van der Waals surface area contributed by atoms with Gasteiger partial charge in [-0.2, -0.15) is 0 Å². The molecule has 0 spiro atoms. The van der Waals surface area contributed by atoms with Crippen molar-refractivity contribution in [3.8, 4) is 0 Å². The van der Waals surface area contributed by atoms with Crippen LogP contribution in [0.5, 0.6) is 0 Å². The molecule has 1 unspecified atom stereocenters. The van der Waals surface area contributed by atoms with E-state index < -0.39 is 0 Å². The summed E-state index contributed by atoms with van der Waals surface area (Å²) in [4.78, 5) is 0. The van der Waals surface area contributed by atoms with E-state index in [1.807, 2.05) is 13.8 Å². The second-order valence-electron chi connectivity index (χ2n) is 3.68.